The Morgan fingerprint density at radius 2 is 2.18 bits per heavy atom. The second-order valence-corrected chi connectivity index (χ2v) is 4.21. The standard InChI is InChI=1S/C13H17N3O/c1-3-16-12-7-5-4-6-10(12)11(15-16)8-13(17)9(2)14/h4-7,9H,3,8,14H2,1-2H3. The van der Waals surface area contributed by atoms with E-state index < -0.39 is 6.04 Å². The lowest BCUT2D eigenvalue weighted by Crippen LogP contribution is -2.28. The van der Waals surface area contributed by atoms with Crippen LogP contribution >= 0.6 is 0 Å². The maximum absolute atomic E-state index is 11.7. The van der Waals surface area contributed by atoms with E-state index in [4.69, 9.17) is 5.73 Å². The molecular formula is C13H17N3O. The van der Waals surface area contributed by atoms with Crippen LogP contribution in [0.25, 0.3) is 10.9 Å². The summed E-state index contributed by atoms with van der Waals surface area (Å²) in [6.45, 7) is 4.55. The van der Waals surface area contributed by atoms with Gasteiger partial charge in [-0.25, -0.2) is 0 Å². The van der Waals surface area contributed by atoms with Crippen LogP contribution in [0.1, 0.15) is 19.5 Å². The van der Waals surface area contributed by atoms with Crippen LogP contribution < -0.4 is 5.73 Å². The first-order chi connectivity index (χ1) is 8.13. The Labute approximate surface area is 100 Å². The summed E-state index contributed by atoms with van der Waals surface area (Å²) in [7, 11) is 0. The van der Waals surface area contributed by atoms with Gasteiger partial charge in [-0.05, 0) is 19.9 Å². The number of aromatic nitrogens is 2. The van der Waals surface area contributed by atoms with Crippen LogP contribution in [0.15, 0.2) is 24.3 Å². The molecule has 0 aliphatic rings. The first-order valence-corrected chi connectivity index (χ1v) is 5.86. The Balaban J connectivity index is 2.44. The van der Waals surface area contributed by atoms with Gasteiger partial charge < -0.3 is 5.73 Å². The molecule has 0 bridgehead atoms. The number of rotatable bonds is 4. The average Bonchev–Trinajstić information content (AvgIpc) is 2.68. The van der Waals surface area contributed by atoms with Crippen molar-refractivity contribution in [1.29, 1.82) is 0 Å². The van der Waals surface area contributed by atoms with Gasteiger partial charge >= 0.3 is 0 Å². The molecule has 2 N–H and O–H groups in total. The molecule has 0 saturated heterocycles. The number of ketones is 1. The van der Waals surface area contributed by atoms with Crippen molar-refractivity contribution in [2.24, 2.45) is 5.73 Å². The Morgan fingerprint density at radius 3 is 2.82 bits per heavy atom. The smallest absolute Gasteiger partial charge is 0.155 e. The molecule has 1 aromatic heterocycles. The number of nitrogens with two attached hydrogens (primary N) is 1. The summed E-state index contributed by atoms with van der Waals surface area (Å²) < 4.78 is 1.92. The summed E-state index contributed by atoms with van der Waals surface area (Å²) in [5.74, 6) is 0.0245. The Morgan fingerprint density at radius 1 is 1.47 bits per heavy atom. The van der Waals surface area contributed by atoms with Crippen LogP contribution in [0.5, 0.6) is 0 Å². The molecule has 2 rings (SSSR count). The van der Waals surface area contributed by atoms with Crippen molar-refractivity contribution in [1.82, 2.24) is 9.78 Å². The maximum atomic E-state index is 11.7. The third-order valence-electron chi connectivity index (χ3n) is 2.88. The van der Waals surface area contributed by atoms with Crippen molar-refractivity contribution in [3.05, 3.63) is 30.0 Å². The molecular weight excluding hydrogens is 214 g/mol. The minimum Gasteiger partial charge on any atom is -0.322 e. The van der Waals surface area contributed by atoms with Gasteiger partial charge in [0.1, 0.15) is 0 Å². The Bertz CT molecular complexity index is 543. The van der Waals surface area contributed by atoms with Crippen molar-refractivity contribution < 1.29 is 4.79 Å². The molecule has 0 spiro atoms. The molecule has 0 aliphatic heterocycles. The van der Waals surface area contributed by atoms with Crippen LogP contribution in [-0.4, -0.2) is 21.6 Å². The van der Waals surface area contributed by atoms with Crippen LogP contribution in [0.4, 0.5) is 0 Å². The molecule has 17 heavy (non-hydrogen) atoms. The molecule has 0 aliphatic carbocycles. The average molecular weight is 231 g/mol. The van der Waals surface area contributed by atoms with Crippen molar-refractivity contribution in [3.8, 4) is 0 Å². The third kappa shape index (κ3) is 2.22. The highest BCUT2D eigenvalue weighted by atomic mass is 16.1. The van der Waals surface area contributed by atoms with Gasteiger partial charge in [0.15, 0.2) is 5.78 Å². The number of hydrogen-bond acceptors (Lipinski definition) is 3. The molecule has 4 heteroatoms. The quantitative estimate of drug-likeness (QED) is 0.867. The van der Waals surface area contributed by atoms with Crippen molar-refractivity contribution in [3.63, 3.8) is 0 Å². The number of carbonyl (C=O) groups excluding carboxylic acids is 1. The van der Waals surface area contributed by atoms with E-state index >= 15 is 0 Å². The van der Waals surface area contributed by atoms with E-state index in [9.17, 15) is 4.79 Å². The van der Waals surface area contributed by atoms with E-state index in [-0.39, 0.29) is 5.78 Å². The molecule has 90 valence electrons. The summed E-state index contributed by atoms with van der Waals surface area (Å²) in [5.41, 5.74) is 7.48. The molecule has 0 fully saturated rings. The molecule has 4 nitrogen and oxygen atoms in total. The highest BCUT2D eigenvalue weighted by Crippen LogP contribution is 2.19. The third-order valence-corrected chi connectivity index (χ3v) is 2.88. The molecule has 0 amide bonds. The zero-order valence-corrected chi connectivity index (χ0v) is 10.2. The number of Topliss-reactive ketones (excluding diaryl/α,β-unsaturated/α-hetero) is 1. The summed E-state index contributed by atoms with van der Waals surface area (Å²) in [6, 6.07) is 7.53. The van der Waals surface area contributed by atoms with E-state index in [1.54, 1.807) is 6.92 Å². The molecule has 1 aromatic carbocycles. The number of benzene rings is 1. The number of nitrogens with zero attached hydrogens (tertiary/aromatic N) is 2. The van der Waals surface area contributed by atoms with Crippen molar-refractivity contribution >= 4 is 16.7 Å². The minimum atomic E-state index is -0.430. The summed E-state index contributed by atoms with van der Waals surface area (Å²) in [4.78, 5) is 11.7. The predicted molar refractivity (Wildman–Crippen MR) is 67.8 cm³/mol. The largest absolute Gasteiger partial charge is 0.322 e. The summed E-state index contributed by atoms with van der Waals surface area (Å²) in [6.07, 6.45) is 0.311. The van der Waals surface area contributed by atoms with Gasteiger partial charge in [-0.2, -0.15) is 5.10 Å². The fraction of sp³-hybridized carbons (Fsp3) is 0.385. The van der Waals surface area contributed by atoms with Crippen LogP contribution in [0.3, 0.4) is 0 Å². The van der Waals surface area contributed by atoms with Gasteiger partial charge in [0.25, 0.3) is 0 Å². The van der Waals surface area contributed by atoms with E-state index in [0.717, 1.165) is 23.1 Å². The second-order valence-electron chi connectivity index (χ2n) is 4.21. The van der Waals surface area contributed by atoms with E-state index in [1.807, 2.05) is 35.9 Å². The Kier molecular flexibility index (Phi) is 3.24. The fourth-order valence-electron chi connectivity index (χ4n) is 1.89. The van der Waals surface area contributed by atoms with Crippen molar-refractivity contribution in [2.75, 3.05) is 0 Å². The molecule has 1 heterocycles. The monoisotopic (exact) mass is 231 g/mol. The van der Waals surface area contributed by atoms with Crippen LogP contribution in [0.2, 0.25) is 0 Å². The number of carbonyl (C=O) groups is 1. The first-order valence-electron chi connectivity index (χ1n) is 5.86. The van der Waals surface area contributed by atoms with E-state index in [1.165, 1.54) is 0 Å². The Hall–Kier alpha value is -1.68. The molecule has 0 saturated carbocycles. The van der Waals surface area contributed by atoms with Gasteiger partial charge in [-0.15, -0.1) is 0 Å². The van der Waals surface area contributed by atoms with E-state index in [0.29, 0.717) is 6.42 Å². The molecule has 1 unspecified atom stereocenters. The van der Waals surface area contributed by atoms with E-state index in [2.05, 4.69) is 5.10 Å². The SMILES string of the molecule is CCn1nc(CC(=O)C(C)N)c2ccccc21. The highest BCUT2D eigenvalue weighted by Gasteiger charge is 2.15. The number of fused-ring (bicyclic) bond motifs is 1. The molecule has 0 radical (unpaired) electrons. The van der Waals surface area contributed by atoms with Gasteiger partial charge in [0.2, 0.25) is 0 Å². The van der Waals surface area contributed by atoms with Gasteiger partial charge in [-0.3, -0.25) is 9.48 Å². The normalized spacial score (nSPS) is 12.9. The van der Waals surface area contributed by atoms with Gasteiger partial charge in [0, 0.05) is 11.9 Å². The maximum Gasteiger partial charge on any atom is 0.155 e. The van der Waals surface area contributed by atoms with Crippen LogP contribution in [-0.2, 0) is 17.8 Å². The fourth-order valence-corrected chi connectivity index (χ4v) is 1.89. The zero-order chi connectivity index (χ0) is 12.4. The topological polar surface area (TPSA) is 60.9 Å². The lowest BCUT2D eigenvalue weighted by atomic mass is 10.1. The highest BCUT2D eigenvalue weighted by molar-refractivity contribution is 5.90. The lowest BCUT2D eigenvalue weighted by molar-refractivity contribution is -0.119. The molecule has 1 atom stereocenters. The first kappa shape index (κ1) is 11.8. The summed E-state index contributed by atoms with van der Waals surface area (Å²) >= 11 is 0. The minimum absolute atomic E-state index is 0.0245. The number of para-hydroxylation sites is 1. The number of hydrogen-bond donors (Lipinski definition) is 1. The van der Waals surface area contributed by atoms with Gasteiger partial charge in [0.05, 0.1) is 23.7 Å². The molecule has 2 aromatic rings. The lowest BCUT2D eigenvalue weighted by Gasteiger charge is -2.01. The van der Waals surface area contributed by atoms with Crippen LogP contribution in [0, 0.1) is 0 Å². The van der Waals surface area contributed by atoms with Gasteiger partial charge in [-0.1, -0.05) is 18.2 Å². The zero-order valence-electron chi connectivity index (χ0n) is 10.2. The second kappa shape index (κ2) is 4.67. The van der Waals surface area contributed by atoms with Crippen molar-refractivity contribution in [2.45, 2.75) is 32.9 Å². The summed E-state index contributed by atoms with van der Waals surface area (Å²) in [5, 5.41) is 5.52. The number of aryl methyl sites for hydroxylation is 1. The predicted octanol–water partition coefficient (Wildman–Crippen LogP) is 1.51.